The second-order valence-corrected chi connectivity index (χ2v) is 6.08. The molecule has 2 nitrogen and oxygen atoms in total. The molecular formula is C11H14ClFO2S. The number of rotatable bonds is 5. The van der Waals surface area contributed by atoms with Crippen LogP contribution in [0.2, 0.25) is 0 Å². The summed E-state index contributed by atoms with van der Waals surface area (Å²) < 4.78 is 36.6. The molecule has 0 amide bonds. The van der Waals surface area contributed by atoms with Crippen molar-refractivity contribution in [3.63, 3.8) is 0 Å². The fraction of sp³-hybridized carbons (Fsp3) is 0.455. The van der Waals surface area contributed by atoms with Crippen LogP contribution in [0.4, 0.5) is 4.39 Å². The quantitative estimate of drug-likeness (QED) is 0.466. The van der Waals surface area contributed by atoms with Crippen LogP contribution in [-0.4, -0.2) is 20.1 Å². The lowest BCUT2D eigenvalue weighted by atomic mass is 10.2. The van der Waals surface area contributed by atoms with Gasteiger partial charge in [0.15, 0.2) is 9.84 Å². The van der Waals surface area contributed by atoms with Crippen molar-refractivity contribution in [3.05, 3.63) is 29.6 Å². The third kappa shape index (κ3) is 3.46. The van der Waals surface area contributed by atoms with Gasteiger partial charge in [0.05, 0.1) is 10.6 Å². The average Bonchev–Trinajstić information content (AvgIpc) is 2.17. The molecule has 0 heterocycles. The van der Waals surface area contributed by atoms with Crippen molar-refractivity contribution < 1.29 is 12.8 Å². The molecule has 0 bridgehead atoms. The number of sulfone groups is 1. The molecule has 0 aromatic heterocycles. The van der Waals surface area contributed by atoms with Gasteiger partial charge < -0.3 is 0 Å². The highest BCUT2D eigenvalue weighted by Gasteiger charge is 2.16. The van der Waals surface area contributed by atoms with Crippen LogP contribution in [0.3, 0.4) is 0 Å². The van der Waals surface area contributed by atoms with Crippen LogP contribution in [0.15, 0.2) is 23.1 Å². The molecule has 16 heavy (non-hydrogen) atoms. The number of aryl methyl sites for hydroxylation is 1. The van der Waals surface area contributed by atoms with Gasteiger partial charge in [-0.25, -0.2) is 12.8 Å². The summed E-state index contributed by atoms with van der Waals surface area (Å²) in [5.74, 6) is 0.0987. The lowest BCUT2D eigenvalue weighted by molar-refractivity contribution is 0.590. The van der Waals surface area contributed by atoms with Crippen molar-refractivity contribution in [2.24, 2.45) is 0 Å². The number of alkyl halides is 1. The first-order chi connectivity index (χ1) is 7.47. The van der Waals surface area contributed by atoms with Gasteiger partial charge in [-0.1, -0.05) is 0 Å². The van der Waals surface area contributed by atoms with Crippen LogP contribution < -0.4 is 0 Å². The van der Waals surface area contributed by atoms with E-state index < -0.39 is 15.7 Å². The molecule has 90 valence electrons. The highest BCUT2D eigenvalue weighted by Crippen LogP contribution is 2.18. The first-order valence-electron chi connectivity index (χ1n) is 5.02. The van der Waals surface area contributed by atoms with Crippen molar-refractivity contribution in [1.82, 2.24) is 0 Å². The molecule has 0 saturated carbocycles. The largest absolute Gasteiger partial charge is 0.224 e. The second-order valence-electron chi connectivity index (χ2n) is 3.62. The Morgan fingerprint density at radius 3 is 2.56 bits per heavy atom. The second kappa shape index (κ2) is 5.64. The average molecular weight is 265 g/mol. The molecule has 1 rings (SSSR count). The number of halogens is 2. The molecule has 0 saturated heterocycles. The maximum atomic E-state index is 12.8. The minimum Gasteiger partial charge on any atom is -0.224 e. The summed E-state index contributed by atoms with van der Waals surface area (Å²) >= 11 is 5.48. The van der Waals surface area contributed by atoms with Gasteiger partial charge >= 0.3 is 0 Å². The van der Waals surface area contributed by atoms with Crippen molar-refractivity contribution in [1.29, 1.82) is 0 Å². The van der Waals surface area contributed by atoms with Crippen LogP contribution in [-0.2, 0) is 9.84 Å². The van der Waals surface area contributed by atoms with Gasteiger partial charge in [-0.05, 0) is 43.5 Å². The fourth-order valence-electron chi connectivity index (χ4n) is 1.46. The Balaban J connectivity index is 2.90. The van der Waals surface area contributed by atoms with Crippen LogP contribution >= 0.6 is 11.6 Å². The van der Waals surface area contributed by atoms with Gasteiger partial charge in [-0.3, -0.25) is 0 Å². The third-order valence-corrected chi connectivity index (χ3v) is 4.49. The van der Waals surface area contributed by atoms with E-state index in [0.29, 0.717) is 24.3 Å². The molecule has 0 aliphatic rings. The molecule has 0 atom stereocenters. The Labute approximate surface area is 100 Å². The monoisotopic (exact) mass is 264 g/mol. The smallest absolute Gasteiger partial charge is 0.178 e. The maximum absolute atomic E-state index is 12.8. The highest BCUT2D eigenvalue weighted by molar-refractivity contribution is 7.91. The van der Waals surface area contributed by atoms with E-state index in [4.69, 9.17) is 11.6 Å². The summed E-state index contributed by atoms with van der Waals surface area (Å²) in [4.78, 5) is 0.212. The Morgan fingerprint density at radius 1 is 1.31 bits per heavy atom. The first-order valence-corrected chi connectivity index (χ1v) is 7.21. The van der Waals surface area contributed by atoms with Crippen molar-refractivity contribution >= 4 is 21.4 Å². The Morgan fingerprint density at radius 2 is 2.00 bits per heavy atom. The van der Waals surface area contributed by atoms with E-state index in [-0.39, 0.29) is 10.6 Å². The third-order valence-electron chi connectivity index (χ3n) is 2.27. The molecule has 1 aromatic rings. The van der Waals surface area contributed by atoms with Crippen LogP contribution in [0.1, 0.15) is 18.4 Å². The van der Waals surface area contributed by atoms with E-state index >= 15 is 0 Å². The zero-order valence-electron chi connectivity index (χ0n) is 9.04. The molecule has 0 aliphatic carbocycles. The number of hydrogen-bond acceptors (Lipinski definition) is 2. The molecule has 0 unspecified atom stereocenters. The van der Waals surface area contributed by atoms with E-state index in [0.717, 1.165) is 0 Å². The summed E-state index contributed by atoms with van der Waals surface area (Å²) in [5.41, 5.74) is 0.450. The van der Waals surface area contributed by atoms with E-state index in [2.05, 4.69) is 0 Å². The minimum atomic E-state index is -3.31. The summed E-state index contributed by atoms with van der Waals surface area (Å²) in [7, 11) is -3.31. The zero-order valence-corrected chi connectivity index (χ0v) is 10.6. The SMILES string of the molecule is Cc1cc(F)ccc1S(=O)(=O)CCCCCl. The summed E-state index contributed by atoms with van der Waals surface area (Å²) in [5, 5.41) is 0. The Kier molecular flexibility index (Phi) is 4.74. The number of unbranched alkanes of at least 4 members (excludes halogenated alkanes) is 1. The fourth-order valence-corrected chi connectivity index (χ4v) is 3.28. The molecule has 0 N–H and O–H groups in total. The lowest BCUT2D eigenvalue weighted by Gasteiger charge is -2.07. The Bertz CT molecular complexity index is 457. The van der Waals surface area contributed by atoms with Gasteiger partial charge in [-0.15, -0.1) is 11.6 Å². The Hall–Kier alpha value is -0.610. The van der Waals surface area contributed by atoms with Gasteiger partial charge in [0.2, 0.25) is 0 Å². The summed E-state index contributed by atoms with van der Waals surface area (Å²) in [6.45, 7) is 1.59. The van der Waals surface area contributed by atoms with Crippen LogP contribution in [0.25, 0.3) is 0 Å². The van der Waals surface area contributed by atoms with Crippen molar-refractivity contribution in [2.75, 3.05) is 11.6 Å². The number of benzene rings is 1. The molecule has 1 aromatic carbocycles. The van der Waals surface area contributed by atoms with Crippen molar-refractivity contribution in [2.45, 2.75) is 24.7 Å². The van der Waals surface area contributed by atoms with E-state index in [1.54, 1.807) is 6.92 Å². The molecule has 0 aliphatic heterocycles. The minimum absolute atomic E-state index is 0.0617. The van der Waals surface area contributed by atoms with Gasteiger partial charge in [0, 0.05) is 5.88 Å². The van der Waals surface area contributed by atoms with E-state index in [9.17, 15) is 12.8 Å². The normalized spacial score (nSPS) is 11.7. The summed E-state index contributed by atoms with van der Waals surface area (Å²) in [6, 6.07) is 3.72. The first kappa shape index (κ1) is 13.5. The number of hydrogen-bond donors (Lipinski definition) is 0. The summed E-state index contributed by atoms with van der Waals surface area (Å²) in [6.07, 6.45) is 1.20. The lowest BCUT2D eigenvalue weighted by Crippen LogP contribution is -2.09. The standard InChI is InChI=1S/C11H14ClFO2S/c1-9-8-10(13)4-5-11(9)16(14,15)7-3-2-6-12/h4-5,8H,2-3,6-7H2,1H3. The molecule has 0 radical (unpaired) electrons. The van der Waals surface area contributed by atoms with Gasteiger partial charge in [0.1, 0.15) is 5.82 Å². The predicted molar refractivity (Wildman–Crippen MR) is 63.1 cm³/mol. The molecule has 5 heteroatoms. The topological polar surface area (TPSA) is 34.1 Å². The highest BCUT2D eigenvalue weighted by atomic mass is 35.5. The van der Waals surface area contributed by atoms with Crippen molar-refractivity contribution in [3.8, 4) is 0 Å². The molecular weight excluding hydrogens is 251 g/mol. The van der Waals surface area contributed by atoms with Crippen LogP contribution in [0, 0.1) is 12.7 Å². The molecule has 0 spiro atoms. The van der Waals surface area contributed by atoms with Crippen LogP contribution in [0.5, 0.6) is 0 Å². The van der Waals surface area contributed by atoms with E-state index in [1.807, 2.05) is 0 Å². The molecule has 0 fully saturated rings. The van der Waals surface area contributed by atoms with Gasteiger partial charge in [0.25, 0.3) is 0 Å². The zero-order chi connectivity index (χ0) is 12.2. The maximum Gasteiger partial charge on any atom is 0.178 e. The van der Waals surface area contributed by atoms with E-state index in [1.165, 1.54) is 18.2 Å². The predicted octanol–water partition coefficient (Wildman–Crippen LogP) is 2.93. The van der Waals surface area contributed by atoms with Gasteiger partial charge in [-0.2, -0.15) is 0 Å².